The second-order valence-corrected chi connectivity index (χ2v) is 6.09. The average Bonchev–Trinajstić information content (AvgIpc) is 3.12. The highest BCUT2D eigenvalue weighted by atomic mass is 16.7. The van der Waals surface area contributed by atoms with E-state index in [1.54, 1.807) is 0 Å². The first-order valence-electron chi connectivity index (χ1n) is 8.59. The van der Waals surface area contributed by atoms with Crippen molar-refractivity contribution in [3.05, 3.63) is 53.6 Å². The number of rotatable bonds is 6. The number of carbonyl (C=O) groups is 2. The minimum absolute atomic E-state index is 0.0225. The van der Waals surface area contributed by atoms with Crippen molar-refractivity contribution in [3.8, 4) is 11.5 Å². The van der Waals surface area contributed by atoms with Gasteiger partial charge in [0, 0.05) is 19.2 Å². The topological polar surface area (TPSA) is 67.9 Å². The minimum atomic E-state index is -0.225. The van der Waals surface area contributed by atoms with Crippen molar-refractivity contribution in [2.75, 3.05) is 18.2 Å². The lowest BCUT2D eigenvalue weighted by Gasteiger charge is -2.21. The van der Waals surface area contributed by atoms with Gasteiger partial charge in [-0.15, -0.1) is 0 Å². The summed E-state index contributed by atoms with van der Waals surface area (Å²) in [5, 5.41) is 2.84. The molecule has 1 heterocycles. The van der Waals surface area contributed by atoms with Crippen LogP contribution in [0.1, 0.15) is 25.0 Å². The molecule has 0 aliphatic carbocycles. The number of anilines is 1. The van der Waals surface area contributed by atoms with E-state index in [1.165, 1.54) is 17.4 Å². The van der Waals surface area contributed by atoms with Crippen molar-refractivity contribution in [1.82, 2.24) is 5.32 Å². The highest BCUT2D eigenvalue weighted by molar-refractivity contribution is 5.97. The first kappa shape index (κ1) is 17.8. The number of amides is 2. The van der Waals surface area contributed by atoms with Gasteiger partial charge in [0.2, 0.25) is 18.6 Å². The number of nitrogens with zero attached hydrogens (tertiary/aromatic N) is 1. The first-order valence-corrected chi connectivity index (χ1v) is 8.59. The number of carbonyl (C=O) groups excluding carboxylic acids is 2. The highest BCUT2D eigenvalue weighted by Crippen LogP contribution is 2.32. The molecule has 26 heavy (non-hydrogen) atoms. The molecular formula is C20H22N2O4. The summed E-state index contributed by atoms with van der Waals surface area (Å²) in [5.41, 5.74) is 2.81. The van der Waals surface area contributed by atoms with Gasteiger partial charge in [0.15, 0.2) is 11.5 Å². The van der Waals surface area contributed by atoms with Gasteiger partial charge in [0.05, 0.1) is 0 Å². The van der Waals surface area contributed by atoms with Gasteiger partial charge in [-0.2, -0.15) is 0 Å². The maximum atomic E-state index is 12.3. The van der Waals surface area contributed by atoms with Gasteiger partial charge in [0.1, 0.15) is 6.54 Å². The van der Waals surface area contributed by atoms with Gasteiger partial charge < -0.3 is 19.7 Å². The van der Waals surface area contributed by atoms with E-state index in [9.17, 15) is 9.59 Å². The number of hydrogen-bond donors (Lipinski definition) is 1. The summed E-state index contributed by atoms with van der Waals surface area (Å²) in [6.45, 7) is 4.08. The van der Waals surface area contributed by atoms with Crippen molar-refractivity contribution < 1.29 is 19.1 Å². The van der Waals surface area contributed by atoms with Gasteiger partial charge in [-0.1, -0.05) is 25.1 Å². The third-order valence-electron chi connectivity index (χ3n) is 4.26. The van der Waals surface area contributed by atoms with Gasteiger partial charge in [0.25, 0.3) is 0 Å². The largest absolute Gasteiger partial charge is 0.454 e. The van der Waals surface area contributed by atoms with Crippen LogP contribution in [-0.2, 0) is 22.6 Å². The van der Waals surface area contributed by atoms with Crippen LogP contribution in [-0.4, -0.2) is 25.2 Å². The number of ether oxygens (including phenoxy) is 2. The molecule has 3 rings (SSSR count). The molecule has 136 valence electrons. The molecular weight excluding hydrogens is 332 g/mol. The number of aryl methyl sites for hydroxylation is 1. The number of fused-ring (bicyclic) bond motifs is 1. The van der Waals surface area contributed by atoms with E-state index in [1.807, 2.05) is 42.5 Å². The van der Waals surface area contributed by atoms with Crippen LogP contribution in [0.5, 0.6) is 11.5 Å². The summed E-state index contributed by atoms with van der Waals surface area (Å²) in [4.78, 5) is 25.7. The number of nitrogens with one attached hydrogen (secondary N) is 1. The van der Waals surface area contributed by atoms with E-state index in [0.29, 0.717) is 23.7 Å². The van der Waals surface area contributed by atoms with E-state index < -0.39 is 0 Å². The molecule has 0 spiro atoms. The lowest BCUT2D eigenvalue weighted by atomic mass is 10.1. The molecule has 1 aliphatic rings. The van der Waals surface area contributed by atoms with E-state index in [0.717, 1.165) is 12.0 Å². The lowest BCUT2D eigenvalue weighted by Crippen LogP contribution is -2.39. The van der Waals surface area contributed by atoms with Crippen LogP contribution in [0.3, 0.4) is 0 Å². The highest BCUT2D eigenvalue weighted by Gasteiger charge is 2.17. The quantitative estimate of drug-likeness (QED) is 0.866. The van der Waals surface area contributed by atoms with Crippen molar-refractivity contribution >= 4 is 17.5 Å². The Morgan fingerprint density at radius 3 is 2.42 bits per heavy atom. The second kappa shape index (κ2) is 7.91. The van der Waals surface area contributed by atoms with Crippen LogP contribution in [0, 0.1) is 0 Å². The molecule has 0 radical (unpaired) electrons. The summed E-state index contributed by atoms with van der Waals surface area (Å²) >= 11 is 0. The summed E-state index contributed by atoms with van der Waals surface area (Å²) in [7, 11) is 0. The molecule has 6 nitrogen and oxygen atoms in total. The molecule has 0 bridgehead atoms. The van der Waals surface area contributed by atoms with E-state index >= 15 is 0 Å². The lowest BCUT2D eigenvalue weighted by molar-refractivity contribution is -0.123. The SMILES string of the molecule is CCc1ccc(N(CC(=O)NCc2ccc3c(c2)OCO3)C(C)=O)cc1. The van der Waals surface area contributed by atoms with E-state index in [2.05, 4.69) is 12.2 Å². The van der Waals surface area contributed by atoms with Crippen molar-refractivity contribution in [1.29, 1.82) is 0 Å². The molecule has 0 atom stereocenters. The smallest absolute Gasteiger partial charge is 0.240 e. The first-order chi connectivity index (χ1) is 12.6. The van der Waals surface area contributed by atoms with Gasteiger partial charge in [-0.05, 0) is 41.8 Å². The van der Waals surface area contributed by atoms with Crippen LogP contribution >= 0.6 is 0 Å². The Morgan fingerprint density at radius 1 is 1.04 bits per heavy atom. The standard InChI is InChI=1S/C20H22N2O4/c1-3-15-4-7-17(8-5-15)22(14(2)23)12-20(24)21-11-16-6-9-18-19(10-16)26-13-25-18/h4-10H,3,11-13H2,1-2H3,(H,21,24). The van der Waals surface area contributed by atoms with Crippen molar-refractivity contribution in [3.63, 3.8) is 0 Å². The van der Waals surface area contributed by atoms with Crippen LogP contribution in [0.25, 0.3) is 0 Å². The Kier molecular flexibility index (Phi) is 5.41. The van der Waals surface area contributed by atoms with Gasteiger partial charge in [-0.25, -0.2) is 0 Å². The molecule has 1 aliphatic heterocycles. The molecule has 0 unspecified atom stereocenters. The molecule has 0 saturated heterocycles. The fourth-order valence-corrected chi connectivity index (χ4v) is 2.75. The zero-order valence-corrected chi connectivity index (χ0v) is 15.0. The molecule has 0 fully saturated rings. The second-order valence-electron chi connectivity index (χ2n) is 6.09. The maximum absolute atomic E-state index is 12.3. The predicted octanol–water partition coefficient (Wildman–Crippen LogP) is 2.65. The van der Waals surface area contributed by atoms with Crippen molar-refractivity contribution in [2.24, 2.45) is 0 Å². The zero-order valence-electron chi connectivity index (χ0n) is 15.0. The van der Waals surface area contributed by atoms with Crippen LogP contribution in [0.2, 0.25) is 0 Å². The molecule has 0 aromatic heterocycles. The van der Waals surface area contributed by atoms with Gasteiger partial charge in [-0.3, -0.25) is 9.59 Å². The maximum Gasteiger partial charge on any atom is 0.240 e. The third kappa shape index (κ3) is 4.14. The molecule has 2 amide bonds. The summed E-state index contributed by atoms with van der Waals surface area (Å²) < 4.78 is 10.6. The Bertz CT molecular complexity index is 802. The summed E-state index contributed by atoms with van der Waals surface area (Å²) in [5.74, 6) is 0.987. The zero-order chi connectivity index (χ0) is 18.5. The Labute approximate surface area is 152 Å². The Morgan fingerprint density at radius 2 is 1.73 bits per heavy atom. The van der Waals surface area contributed by atoms with E-state index in [-0.39, 0.29) is 25.2 Å². The molecule has 2 aromatic carbocycles. The molecule has 1 N–H and O–H groups in total. The number of hydrogen-bond acceptors (Lipinski definition) is 4. The Balaban J connectivity index is 1.60. The monoisotopic (exact) mass is 354 g/mol. The van der Waals surface area contributed by atoms with Crippen LogP contribution < -0.4 is 19.7 Å². The van der Waals surface area contributed by atoms with Crippen LogP contribution in [0.4, 0.5) is 5.69 Å². The van der Waals surface area contributed by atoms with Crippen molar-refractivity contribution in [2.45, 2.75) is 26.8 Å². The van der Waals surface area contributed by atoms with E-state index in [4.69, 9.17) is 9.47 Å². The fourth-order valence-electron chi connectivity index (χ4n) is 2.75. The third-order valence-corrected chi connectivity index (χ3v) is 4.26. The minimum Gasteiger partial charge on any atom is -0.454 e. The molecule has 0 saturated carbocycles. The van der Waals surface area contributed by atoms with Crippen LogP contribution in [0.15, 0.2) is 42.5 Å². The summed E-state index contributed by atoms with van der Waals surface area (Å²) in [6, 6.07) is 13.2. The summed E-state index contributed by atoms with van der Waals surface area (Å²) in [6.07, 6.45) is 0.927. The number of benzene rings is 2. The predicted molar refractivity (Wildman–Crippen MR) is 98.3 cm³/mol. The molecule has 2 aromatic rings. The average molecular weight is 354 g/mol. The normalized spacial score (nSPS) is 11.9. The Hall–Kier alpha value is -3.02. The molecule has 6 heteroatoms. The fraction of sp³-hybridized carbons (Fsp3) is 0.300. The van der Waals surface area contributed by atoms with Gasteiger partial charge >= 0.3 is 0 Å².